The molecule has 0 spiro atoms. The molecule has 3 atom stereocenters. The first-order valence-electron chi connectivity index (χ1n) is 4.04. The fourth-order valence-electron chi connectivity index (χ4n) is 2.37. The maximum absolute atomic E-state index is 9.40. The minimum atomic E-state index is 0.0590. The van der Waals surface area contributed by atoms with Crippen molar-refractivity contribution in [3.05, 3.63) is 0 Å². The molecule has 2 saturated carbocycles. The normalized spacial score (nSPS) is 49.7. The van der Waals surface area contributed by atoms with E-state index in [1.807, 2.05) is 0 Å². The summed E-state index contributed by atoms with van der Waals surface area (Å²) in [5.74, 6) is 1.67. The molecule has 52 valence electrons. The highest BCUT2D eigenvalue weighted by molar-refractivity contribution is 4.85. The molecule has 9 heavy (non-hydrogen) atoms. The molecular weight excluding hydrogens is 112 g/mol. The van der Waals surface area contributed by atoms with Crippen molar-refractivity contribution in [2.75, 3.05) is 0 Å². The quantitative estimate of drug-likeness (QED) is 0.522. The SMILES string of the molecule is O[C@H]1CC[C@@H]2CC[C@H]1C2. The second-order valence-electron chi connectivity index (χ2n) is 3.58. The van der Waals surface area contributed by atoms with Gasteiger partial charge >= 0.3 is 0 Å². The van der Waals surface area contributed by atoms with Gasteiger partial charge < -0.3 is 5.11 Å². The molecule has 0 amide bonds. The molecule has 2 rings (SSSR count). The summed E-state index contributed by atoms with van der Waals surface area (Å²) in [6.07, 6.45) is 6.44. The van der Waals surface area contributed by atoms with Gasteiger partial charge in [0.05, 0.1) is 6.10 Å². The average molecular weight is 126 g/mol. The van der Waals surface area contributed by atoms with Gasteiger partial charge in [0.25, 0.3) is 0 Å². The summed E-state index contributed by atoms with van der Waals surface area (Å²) in [6, 6.07) is 0. The lowest BCUT2D eigenvalue weighted by Gasteiger charge is -2.23. The second kappa shape index (κ2) is 1.98. The minimum Gasteiger partial charge on any atom is -0.393 e. The summed E-state index contributed by atoms with van der Waals surface area (Å²) >= 11 is 0. The molecule has 1 heteroatoms. The molecule has 0 aliphatic heterocycles. The van der Waals surface area contributed by atoms with Gasteiger partial charge in [0.2, 0.25) is 0 Å². The third-order valence-corrected chi connectivity index (χ3v) is 3.00. The Bertz CT molecular complexity index is 111. The first-order chi connectivity index (χ1) is 4.36. The predicted octanol–water partition coefficient (Wildman–Crippen LogP) is 1.56. The van der Waals surface area contributed by atoms with E-state index in [1.165, 1.54) is 25.7 Å². The summed E-state index contributed by atoms with van der Waals surface area (Å²) in [7, 11) is 0. The van der Waals surface area contributed by atoms with Gasteiger partial charge in [-0.1, -0.05) is 6.42 Å². The number of fused-ring (bicyclic) bond motifs is 2. The van der Waals surface area contributed by atoms with Crippen molar-refractivity contribution in [2.45, 2.75) is 38.2 Å². The van der Waals surface area contributed by atoms with Crippen LogP contribution in [0.1, 0.15) is 32.1 Å². The van der Waals surface area contributed by atoms with Crippen LogP contribution in [0.2, 0.25) is 0 Å². The molecule has 2 aliphatic carbocycles. The van der Waals surface area contributed by atoms with E-state index in [0.717, 1.165) is 12.3 Å². The topological polar surface area (TPSA) is 20.2 Å². The van der Waals surface area contributed by atoms with E-state index < -0.39 is 0 Å². The van der Waals surface area contributed by atoms with E-state index >= 15 is 0 Å². The third-order valence-electron chi connectivity index (χ3n) is 3.00. The van der Waals surface area contributed by atoms with Crippen molar-refractivity contribution in [2.24, 2.45) is 11.8 Å². The molecule has 1 N–H and O–H groups in total. The van der Waals surface area contributed by atoms with Crippen molar-refractivity contribution in [1.29, 1.82) is 0 Å². The summed E-state index contributed by atoms with van der Waals surface area (Å²) in [4.78, 5) is 0. The Morgan fingerprint density at radius 1 is 1.00 bits per heavy atom. The molecule has 0 saturated heterocycles. The van der Waals surface area contributed by atoms with E-state index in [4.69, 9.17) is 0 Å². The Balaban J connectivity index is 2.05. The van der Waals surface area contributed by atoms with Crippen LogP contribution in [0.5, 0.6) is 0 Å². The van der Waals surface area contributed by atoms with Crippen molar-refractivity contribution in [3.63, 3.8) is 0 Å². The maximum atomic E-state index is 9.40. The Hall–Kier alpha value is -0.0400. The van der Waals surface area contributed by atoms with Gasteiger partial charge in [0, 0.05) is 0 Å². The number of aliphatic hydroxyl groups excluding tert-OH is 1. The molecule has 0 aromatic carbocycles. The highest BCUT2D eigenvalue weighted by atomic mass is 16.3. The molecule has 2 bridgehead atoms. The summed E-state index contributed by atoms with van der Waals surface area (Å²) < 4.78 is 0. The molecular formula is C8H14O. The Morgan fingerprint density at radius 2 is 1.78 bits per heavy atom. The van der Waals surface area contributed by atoms with Gasteiger partial charge in [-0.05, 0) is 37.5 Å². The van der Waals surface area contributed by atoms with Crippen LogP contribution in [0.15, 0.2) is 0 Å². The average Bonchev–Trinajstić information content (AvgIpc) is 2.25. The van der Waals surface area contributed by atoms with Gasteiger partial charge in [-0.15, -0.1) is 0 Å². The number of rotatable bonds is 0. The van der Waals surface area contributed by atoms with Crippen LogP contribution >= 0.6 is 0 Å². The molecule has 0 aromatic heterocycles. The van der Waals surface area contributed by atoms with Gasteiger partial charge in [0.1, 0.15) is 0 Å². The lowest BCUT2D eigenvalue weighted by Crippen LogP contribution is -2.22. The minimum absolute atomic E-state index is 0.0590. The van der Waals surface area contributed by atoms with Crippen molar-refractivity contribution < 1.29 is 5.11 Å². The molecule has 0 heterocycles. The number of hydrogen-bond donors (Lipinski definition) is 1. The summed E-state index contributed by atoms with van der Waals surface area (Å²) in [5.41, 5.74) is 0. The van der Waals surface area contributed by atoms with Gasteiger partial charge in [-0.3, -0.25) is 0 Å². The van der Waals surface area contributed by atoms with E-state index in [0.29, 0.717) is 5.92 Å². The van der Waals surface area contributed by atoms with Crippen LogP contribution in [0.3, 0.4) is 0 Å². The van der Waals surface area contributed by atoms with Crippen LogP contribution < -0.4 is 0 Å². The third kappa shape index (κ3) is 0.877. The Labute approximate surface area is 56.1 Å². The maximum Gasteiger partial charge on any atom is 0.0568 e. The van der Waals surface area contributed by atoms with Crippen LogP contribution in [0.25, 0.3) is 0 Å². The van der Waals surface area contributed by atoms with Crippen LogP contribution in [0, 0.1) is 11.8 Å². The van der Waals surface area contributed by atoms with Crippen LogP contribution in [0.4, 0.5) is 0 Å². The monoisotopic (exact) mass is 126 g/mol. The smallest absolute Gasteiger partial charge is 0.0568 e. The number of aliphatic hydroxyl groups is 1. The van der Waals surface area contributed by atoms with Gasteiger partial charge in [-0.25, -0.2) is 0 Å². The lowest BCUT2D eigenvalue weighted by atomic mass is 9.87. The van der Waals surface area contributed by atoms with E-state index in [9.17, 15) is 5.11 Å². The Morgan fingerprint density at radius 3 is 2.56 bits per heavy atom. The Kier molecular flexibility index (Phi) is 1.26. The van der Waals surface area contributed by atoms with E-state index in [1.54, 1.807) is 0 Å². The molecule has 1 nitrogen and oxygen atoms in total. The highest BCUT2D eigenvalue weighted by Gasteiger charge is 2.34. The van der Waals surface area contributed by atoms with Crippen LogP contribution in [-0.2, 0) is 0 Å². The largest absolute Gasteiger partial charge is 0.393 e. The summed E-state index contributed by atoms with van der Waals surface area (Å²) in [5, 5.41) is 9.40. The van der Waals surface area contributed by atoms with Crippen molar-refractivity contribution in [1.82, 2.24) is 0 Å². The lowest BCUT2D eigenvalue weighted by molar-refractivity contribution is 0.0770. The molecule has 0 radical (unpaired) electrons. The summed E-state index contributed by atoms with van der Waals surface area (Å²) in [6.45, 7) is 0. The molecule has 2 fully saturated rings. The van der Waals surface area contributed by atoms with Gasteiger partial charge in [0.15, 0.2) is 0 Å². The van der Waals surface area contributed by atoms with Crippen molar-refractivity contribution in [3.8, 4) is 0 Å². The van der Waals surface area contributed by atoms with Gasteiger partial charge in [-0.2, -0.15) is 0 Å². The van der Waals surface area contributed by atoms with E-state index in [2.05, 4.69) is 0 Å². The first kappa shape index (κ1) is 5.72. The van der Waals surface area contributed by atoms with Crippen LogP contribution in [-0.4, -0.2) is 11.2 Å². The first-order valence-corrected chi connectivity index (χ1v) is 4.04. The highest BCUT2D eigenvalue weighted by Crippen LogP contribution is 2.41. The molecule has 0 aromatic rings. The number of hydrogen-bond acceptors (Lipinski definition) is 1. The standard InChI is InChI=1S/C8H14O/c9-8-4-2-6-1-3-7(8)5-6/h6-9H,1-5H2/t6-,7-,8-/m0/s1. The fourth-order valence-corrected chi connectivity index (χ4v) is 2.37. The zero-order chi connectivity index (χ0) is 6.27. The van der Waals surface area contributed by atoms with E-state index in [-0.39, 0.29) is 6.10 Å². The zero-order valence-corrected chi connectivity index (χ0v) is 5.71. The molecule has 0 unspecified atom stereocenters. The van der Waals surface area contributed by atoms with Crippen molar-refractivity contribution >= 4 is 0 Å². The molecule has 2 aliphatic rings. The zero-order valence-electron chi connectivity index (χ0n) is 5.71. The fraction of sp³-hybridized carbons (Fsp3) is 1.00. The second-order valence-corrected chi connectivity index (χ2v) is 3.58. The predicted molar refractivity (Wildman–Crippen MR) is 36.1 cm³/mol.